The molecule has 2 fully saturated rings. The van der Waals surface area contributed by atoms with E-state index in [1.165, 1.54) is 16.7 Å². The number of imide groups is 1. The van der Waals surface area contributed by atoms with Crippen molar-refractivity contribution in [3.63, 3.8) is 0 Å². The molecule has 0 radical (unpaired) electrons. The number of hydrogen-bond donors (Lipinski definition) is 1. The lowest BCUT2D eigenvalue weighted by Gasteiger charge is -2.22. The summed E-state index contributed by atoms with van der Waals surface area (Å²) in [6.45, 7) is 1.92. The average molecular weight is 256 g/mol. The maximum Gasteiger partial charge on any atom is 0.243 e. The van der Waals surface area contributed by atoms with Crippen LogP contribution in [0.4, 0.5) is 0 Å². The fourth-order valence-corrected chi connectivity index (χ4v) is 3.62. The van der Waals surface area contributed by atoms with Crippen LogP contribution in [0.2, 0.25) is 0 Å². The first-order valence-electron chi connectivity index (χ1n) is 6.32. The third-order valence-corrected chi connectivity index (χ3v) is 4.88. The monoisotopic (exact) mass is 256 g/mol. The van der Waals surface area contributed by atoms with Gasteiger partial charge in [0.1, 0.15) is 0 Å². The fourth-order valence-electron chi connectivity index (χ4n) is 2.57. The normalized spacial score (nSPS) is 28.1. The molecule has 1 aliphatic carbocycles. The van der Waals surface area contributed by atoms with Crippen molar-refractivity contribution >= 4 is 23.6 Å². The summed E-state index contributed by atoms with van der Waals surface area (Å²) in [5.41, 5.74) is 5.68. The van der Waals surface area contributed by atoms with Gasteiger partial charge in [0, 0.05) is 24.3 Å². The quantitative estimate of drug-likeness (QED) is 0.766. The van der Waals surface area contributed by atoms with Gasteiger partial charge in [0.05, 0.1) is 5.25 Å². The van der Waals surface area contributed by atoms with Gasteiger partial charge in [0.25, 0.3) is 0 Å². The molecule has 5 heteroatoms. The maximum atomic E-state index is 12.2. The van der Waals surface area contributed by atoms with Crippen molar-refractivity contribution in [1.29, 1.82) is 0 Å². The summed E-state index contributed by atoms with van der Waals surface area (Å²) in [7, 11) is 0. The van der Waals surface area contributed by atoms with E-state index >= 15 is 0 Å². The van der Waals surface area contributed by atoms with Gasteiger partial charge in [-0.2, -0.15) is 0 Å². The van der Waals surface area contributed by atoms with Gasteiger partial charge in [-0.25, -0.2) is 0 Å². The molecule has 0 aromatic carbocycles. The Morgan fingerprint density at radius 1 is 1.41 bits per heavy atom. The Bertz CT molecular complexity index is 314. The number of hydrogen-bond acceptors (Lipinski definition) is 4. The Hall–Kier alpha value is -0.550. The fraction of sp³-hybridized carbons (Fsp3) is 0.833. The largest absolute Gasteiger partial charge is 0.327 e. The van der Waals surface area contributed by atoms with Crippen LogP contribution in [0.3, 0.4) is 0 Å². The van der Waals surface area contributed by atoms with Gasteiger partial charge in [-0.15, -0.1) is 11.8 Å². The lowest BCUT2D eigenvalue weighted by molar-refractivity contribution is -0.140. The van der Waals surface area contributed by atoms with E-state index in [0.717, 1.165) is 31.4 Å². The molecule has 1 saturated heterocycles. The predicted octanol–water partition coefficient (Wildman–Crippen LogP) is 1.14. The summed E-state index contributed by atoms with van der Waals surface area (Å²) in [6, 6.07) is 0.249. The van der Waals surface area contributed by atoms with Gasteiger partial charge < -0.3 is 5.73 Å². The minimum Gasteiger partial charge on any atom is -0.327 e. The van der Waals surface area contributed by atoms with E-state index < -0.39 is 0 Å². The van der Waals surface area contributed by atoms with Gasteiger partial charge in [0.2, 0.25) is 11.8 Å². The second-order valence-corrected chi connectivity index (χ2v) is 6.28. The van der Waals surface area contributed by atoms with Crippen molar-refractivity contribution < 1.29 is 9.59 Å². The Morgan fingerprint density at radius 3 is 2.65 bits per heavy atom. The molecule has 2 N–H and O–H groups in total. The first-order valence-corrected chi connectivity index (χ1v) is 7.37. The summed E-state index contributed by atoms with van der Waals surface area (Å²) >= 11 is 1.53. The van der Waals surface area contributed by atoms with Crippen molar-refractivity contribution in [3.8, 4) is 0 Å². The molecular formula is C12H20N2O2S. The zero-order chi connectivity index (χ0) is 12.4. The molecule has 96 valence electrons. The summed E-state index contributed by atoms with van der Waals surface area (Å²) in [5.74, 6) is 0.777. The van der Waals surface area contributed by atoms with Crippen molar-refractivity contribution in [1.82, 2.24) is 4.90 Å². The lowest BCUT2D eigenvalue weighted by atomic mass is 10.2. The molecule has 1 saturated carbocycles. The van der Waals surface area contributed by atoms with Crippen LogP contribution in [-0.4, -0.2) is 39.8 Å². The number of nitrogens with zero attached hydrogens (tertiary/aromatic N) is 1. The molecule has 4 nitrogen and oxygen atoms in total. The van der Waals surface area contributed by atoms with E-state index in [1.807, 2.05) is 6.92 Å². The molecule has 2 rings (SSSR count). The molecule has 1 heterocycles. The second kappa shape index (κ2) is 5.40. The van der Waals surface area contributed by atoms with Crippen molar-refractivity contribution in [2.45, 2.75) is 56.4 Å². The number of likely N-dealkylation sites (tertiary alicyclic amines) is 1. The van der Waals surface area contributed by atoms with E-state index in [9.17, 15) is 9.59 Å². The van der Waals surface area contributed by atoms with Crippen molar-refractivity contribution in [3.05, 3.63) is 0 Å². The van der Waals surface area contributed by atoms with E-state index in [0.29, 0.717) is 6.42 Å². The van der Waals surface area contributed by atoms with Crippen LogP contribution < -0.4 is 5.73 Å². The molecule has 0 aromatic rings. The van der Waals surface area contributed by atoms with Gasteiger partial charge in [-0.3, -0.25) is 14.5 Å². The highest BCUT2D eigenvalue weighted by Crippen LogP contribution is 2.32. The number of carbonyl (C=O) groups is 2. The molecule has 17 heavy (non-hydrogen) atoms. The maximum absolute atomic E-state index is 12.2. The van der Waals surface area contributed by atoms with Crippen LogP contribution in [-0.2, 0) is 9.59 Å². The molecule has 2 atom stereocenters. The molecule has 2 aliphatic rings. The van der Waals surface area contributed by atoms with Gasteiger partial charge in [-0.1, -0.05) is 12.8 Å². The Balaban J connectivity index is 1.95. The molecular weight excluding hydrogens is 236 g/mol. The third kappa shape index (κ3) is 2.83. The SMILES string of the molecule is CC(N)CSC1CC(=O)N(C2CCCC2)C1=O. The smallest absolute Gasteiger partial charge is 0.243 e. The van der Waals surface area contributed by atoms with E-state index in [2.05, 4.69) is 0 Å². The first-order chi connectivity index (χ1) is 8.09. The highest BCUT2D eigenvalue weighted by Gasteiger charge is 2.43. The van der Waals surface area contributed by atoms with Gasteiger partial charge in [0.15, 0.2) is 0 Å². The molecule has 0 spiro atoms. The first kappa shape index (κ1) is 12.9. The predicted molar refractivity (Wildman–Crippen MR) is 68.6 cm³/mol. The minimum absolute atomic E-state index is 0.0177. The highest BCUT2D eigenvalue weighted by atomic mass is 32.2. The van der Waals surface area contributed by atoms with Gasteiger partial charge >= 0.3 is 0 Å². The van der Waals surface area contributed by atoms with Crippen LogP contribution in [0.5, 0.6) is 0 Å². The number of amides is 2. The van der Waals surface area contributed by atoms with Crippen LogP contribution in [0.1, 0.15) is 39.0 Å². The highest BCUT2D eigenvalue weighted by molar-refractivity contribution is 8.00. The zero-order valence-electron chi connectivity index (χ0n) is 10.2. The lowest BCUT2D eigenvalue weighted by Crippen LogP contribution is -2.39. The van der Waals surface area contributed by atoms with E-state index in [1.54, 1.807) is 0 Å². The van der Waals surface area contributed by atoms with Crippen LogP contribution >= 0.6 is 11.8 Å². The second-order valence-electron chi connectivity index (χ2n) is 5.04. The summed E-state index contributed by atoms with van der Waals surface area (Å²) < 4.78 is 0. The van der Waals surface area contributed by atoms with Crippen LogP contribution in [0.15, 0.2) is 0 Å². The molecule has 2 unspecified atom stereocenters. The summed E-state index contributed by atoms with van der Waals surface area (Å²) in [5, 5.41) is -0.186. The Morgan fingerprint density at radius 2 is 2.06 bits per heavy atom. The Labute approximate surface area is 106 Å². The zero-order valence-corrected chi connectivity index (χ0v) is 11.0. The summed E-state index contributed by atoms with van der Waals surface area (Å²) in [6.07, 6.45) is 4.62. The Kier molecular flexibility index (Phi) is 4.09. The van der Waals surface area contributed by atoms with Crippen molar-refractivity contribution in [2.75, 3.05) is 5.75 Å². The molecule has 0 aromatic heterocycles. The third-order valence-electron chi connectivity index (χ3n) is 3.39. The van der Waals surface area contributed by atoms with Crippen molar-refractivity contribution in [2.24, 2.45) is 5.73 Å². The topological polar surface area (TPSA) is 63.4 Å². The molecule has 1 aliphatic heterocycles. The van der Waals surface area contributed by atoms with Crippen LogP contribution in [0, 0.1) is 0 Å². The molecule has 2 amide bonds. The number of nitrogens with two attached hydrogens (primary N) is 1. The number of thioether (sulfide) groups is 1. The summed E-state index contributed by atoms with van der Waals surface area (Å²) in [4.78, 5) is 25.6. The van der Waals surface area contributed by atoms with Crippen LogP contribution in [0.25, 0.3) is 0 Å². The minimum atomic E-state index is -0.186. The average Bonchev–Trinajstić information content (AvgIpc) is 2.84. The molecule has 0 bridgehead atoms. The van der Waals surface area contributed by atoms with E-state index in [4.69, 9.17) is 5.73 Å². The number of rotatable bonds is 4. The standard InChI is InChI=1S/C12H20N2O2S/c1-8(13)7-17-10-6-11(15)14(12(10)16)9-4-2-3-5-9/h8-10H,2-7,13H2,1H3. The number of carbonyl (C=O) groups excluding carboxylic acids is 2. The van der Waals surface area contributed by atoms with Gasteiger partial charge in [-0.05, 0) is 19.8 Å². The van der Waals surface area contributed by atoms with E-state index in [-0.39, 0.29) is 29.1 Å².